The number of furan rings is 1. The Morgan fingerprint density at radius 3 is 2.25 bits per heavy atom. The summed E-state index contributed by atoms with van der Waals surface area (Å²) >= 11 is 0. The Labute approximate surface area is 186 Å². The van der Waals surface area contributed by atoms with Crippen LogP contribution in [0.25, 0.3) is 11.0 Å². The Morgan fingerprint density at radius 1 is 1.03 bits per heavy atom. The van der Waals surface area contributed by atoms with E-state index in [1.807, 2.05) is 32.4 Å². The lowest BCUT2D eigenvalue weighted by Gasteiger charge is -2.23. The van der Waals surface area contributed by atoms with Gasteiger partial charge in [-0.05, 0) is 64.1 Å². The van der Waals surface area contributed by atoms with Gasteiger partial charge in [0.1, 0.15) is 27.2 Å². The molecule has 0 bridgehead atoms. The second-order valence-corrected chi connectivity index (χ2v) is 11.4. The Balaban J connectivity index is 1.89. The van der Waals surface area contributed by atoms with Crippen LogP contribution in [-0.4, -0.2) is 28.3 Å². The molecule has 0 saturated carbocycles. The van der Waals surface area contributed by atoms with E-state index in [2.05, 4.69) is 0 Å². The summed E-state index contributed by atoms with van der Waals surface area (Å²) in [5, 5.41) is 5.68. The van der Waals surface area contributed by atoms with Crippen LogP contribution in [-0.2, 0) is 24.8 Å². The van der Waals surface area contributed by atoms with Gasteiger partial charge in [-0.1, -0.05) is 12.1 Å². The number of benzene rings is 2. The predicted octanol–water partition coefficient (Wildman–Crippen LogP) is 3.08. The van der Waals surface area contributed by atoms with Crippen molar-refractivity contribution in [2.75, 3.05) is 0 Å². The van der Waals surface area contributed by atoms with E-state index >= 15 is 0 Å². The molecule has 3 rings (SSSR count). The van der Waals surface area contributed by atoms with Crippen molar-refractivity contribution < 1.29 is 30.8 Å². The van der Waals surface area contributed by atoms with Crippen molar-refractivity contribution in [2.45, 2.75) is 49.2 Å². The molecule has 1 amide bonds. The Kier molecular flexibility index (Phi) is 6.22. The largest absolute Gasteiger partial charge is 0.458 e. The molecule has 9 nitrogen and oxygen atoms in total. The average Bonchev–Trinajstić information content (AvgIpc) is 3.09. The number of nitrogens with two attached hydrogens (primary N) is 1. The number of primary sulfonamides is 1. The summed E-state index contributed by atoms with van der Waals surface area (Å²) in [6.07, 6.45) is -0.338. The molecule has 0 saturated heterocycles. The minimum absolute atomic E-state index is 0.0471. The molecule has 2 aromatic carbocycles. The number of nitrogens with one attached hydrogen (secondary N) is 1. The third-order valence-electron chi connectivity index (χ3n) is 4.40. The second kappa shape index (κ2) is 8.32. The lowest BCUT2D eigenvalue weighted by Crippen LogP contribution is -2.32. The van der Waals surface area contributed by atoms with Gasteiger partial charge < -0.3 is 9.15 Å². The maximum Gasteiger partial charge on any atom is 0.265 e. The maximum atomic E-state index is 12.7. The van der Waals surface area contributed by atoms with E-state index in [0.717, 1.165) is 12.1 Å². The van der Waals surface area contributed by atoms with Crippen molar-refractivity contribution in [3.63, 3.8) is 0 Å². The summed E-state index contributed by atoms with van der Waals surface area (Å²) in [5.41, 5.74) is 0.166. The van der Waals surface area contributed by atoms with Crippen molar-refractivity contribution in [1.82, 2.24) is 4.72 Å². The zero-order chi connectivity index (χ0) is 23.9. The number of hydrogen-bond donors (Lipinski definition) is 2. The Morgan fingerprint density at radius 2 is 1.66 bits per heavy atom. The summed E-state index contributed by atoms with van der Waals surface area (Å²) in [7, 11) is -8.82. The zero-order valence-electron chi connectivity index (χ0n) is 17.9. The number of carbonyl (C=O) groups excluding carboxylic acids is 1. The third kappa shape index (κ3) is 5.36. The maximum absolute atomic E-state index is 12.7. The van der Waals surface area contributed by atoms with Gasteiger partial charge in [-0.15, -0.1) is 0 Å². The first-order valence-electron chi connectivity index (χ1n) is 9.58. The highest BCUT2D eigenvalue weighted by Gasteiger charge is 2.26. The molecule has 0 radical (unpaired) electrons. The summed E-state index contributed by atoms with van der Waals surface area (Å²) in [6, 6.07) is 10.9. The Bertz CT molecular complexity index is 1390. The molecule has 3 N–H and O–H groups in total. The Hall–Kier alpha value is -2.73. The fraction of sp³-hybridized carbons (Fsp3) is 0.286. The van der Waals surface area contributed by atoms with Crippen LogP contribution in [0.2, 0.25) is 0 Å². The van der Waals surface area contributed by atoms with Crippen molar-refractivity contribution in [3.8, 4) is 0 Å². The minimum Gasteiger partial charge on any atom is -0.458 e. The van der Waals surface area contributed by atoms with Crippen LogP contribution in [0.15, 0.2) is 62.7 Å². The minimum atomic E-state index is -4.51. The first-order valence-corrected chi connectivity index (χ1v) is 12.6. The molecule has 1 aromatic heterocycles. The summed E-state index contributed by atoms with van der Waals surface area (Å²) in [6.45, 7) is 7.60. The first-order chi connectivity index (χ1) is 14.7. The zero-order valence-corrected chi connectivity index (χ0v) is 19.6. The van der Waals surface area contributed by atoms with Crippen LogP contribution in [0, 0.1) is 0 Å². The van der Waals surface area contributed by atoms with Gasteiger partial charge in [-0.25, -0.2) is 26.7 Å². The SMILES string of the molecule is CC(OC(C)(C)C)c1cc2cc(C(=O)NS(=O)(=O)c3ccccc3S(N)(=O)=O)ccc2o1. The molecular formula is C21H24N2O7S2. The van der Waals surface area contributed by atoms with Gasteiger partial charge in [0, 0.05) is 10.9 Å². The topological polar surface area (TPSA) is 146 Å². The van der Waals surface area contributed by atoms with Crippen LogP contribution in [0.4, 0.5) is 0 Å². The van der Waals surface area contributed by atoms with Gasteiger partial charge >= 0.3 is 0 Å². The van der Waals surface area contributed by atoms with Crippen LogP contribution in [0.1, 0.15) is 49.9 Å². The average molecular weight is 481 g/mol. The molecule has 0 aliphatic rings. The van der Waals surface area contributed by atoms with Crippen molar-refractivity contribution >= 4 is 36.9 Å². The van der Waals surface area contributed by atoms with Crippen LogP contribution < -0.4 is 9.86 Å². The number of amides is 1. The molecule has 1 unspecified atom stereocenters. The van der Waals surface area contributed by atoms with Gasteiger partial charge in [0.2, 0.25) is 10.0 Å². The van der Waals surface area contributed by atoms with Crippen LogP contribution in [0.3, 0.4) is 0 Å². The number of ether oxygens (including phenoxy) is 1. The lowest BCUT2D eigenvalue weighted by atomic mass is 10.1. The molecular weight excluding hydrogens is 456 g/mol. The van der Waals surface area contributed by atoms with Gasteiger partial charge in [0.15, 0.2) is 0 Å². The number of hydrogen-bond acceptors (Lipinski definition) is 7. The van der Waals surface area contributed by atoms with Crippen molar-refractivity contribution in [1.29, 1.82) is 0 Å². The number of fused-ring (bicyclic) bond motifs is 1. The third-order valence-corrected chi connectivity index (χ3v) is 6.89. The molecule has 172 valence electrons. The van der Waals surface area contributed by atoms with Gasteiger partial charge in [-0.2, -0.15) is 0 Å². The summed E-state index contributed by atoms with van der Waals surface area (Å²) in [4.78, 5) is 11.4. The van der Waals surface area contributed by atoms with E-state index in [4.69, 9.17) is 14.3 Å². The lowest BCUT2D eigenvalue weighted by molar-refractivity contribution is -0.0608. The summed E-state index contributed by atoms with van der Waals surface area (Å²) < 4.78 is 62.4. The number of sulfonamides is 2. The smallest absolute Gasteiger partial charge is 0.265 e. The van der Waals surface area contributed by atoms with Crippen molar-refractivity contribution in [2.24, 2.45) is 5.14 Å². The highest BCUT2D eigenvalue weighted by Crippen LogP contribution is 2.29. The molecule has 0 spiro atoms. The van der Waals surface area contributed by atoms with E-state index in [0.29, 0.717) is 16.7 Å². The predicted molar refractivity (Wildman–Crippen MR) is 118 cm³/mol. The molecule has 1 atom stereocenters. The van der Waals surface area contributed by atoms with E-state index in [-0.39, 0.29) is 17.3 Å². The molecule has 0 aliphatic heterocycles. The molecule has 1 heterocycles. The fourth-order valence-corrected chi connectivity index (χ4v) is 5.49. The highest BCUT2D eigenvalue weighted by molar-refractivity contribution is 7.92. The fourth-order valence-electron chi connectivity index (χ4n) is 3.14. The van der Waals surface area contributed by atoms with Gasteiger partial charge in [0.05, 0.1) is 5.60 Å². The number of carbonyl (C=O) groups is 1. The van der Waals surface area contributed by atoms with Crippen molar-refractivity contribution in [3.05, 3.63) is 59.9 Å². The summed E-state index contributed by atoms with van der Waals surface area (Å²) in [5.74, 6) is -0.375. The van der Waals surface area contributed by atoms with Gasteiger partial charge in [0.25, 0.3) is 15.9 Å². The standard InChI is InChI=1S/C21H24N2O7S2/c1-13(30-21(2,3)4)17-12-15-11-14(9-10-16(15)29-17)20(24)23-32(27,28)19-8-6-5-7-18(19)31(22,25)26/h5-13H,1-4H3,(H,23,24)(H2,22,25,26). The quantitative estimate of drug-likeness (QED) is 0.551. The normalized spacial score (nSPS) is 13.8. The molecule has 0 fully saturated rings. The monoisotopic (exact) mass is 480 g/mol. The highest BCUT2D eigenvalue weighted by atomic mass is 32.2. The van der Waals surface area contributed by atoms with E-state index < -0.39 is 35.7 Å². The molecule has 0 aliphatic carbocycles. The van der Waals surface area contributed by atoms with Gasteiger partial charge in [-0.3, -0.25) is 4.79 Å². The van der Waals surface area contributed by atoms with E-state index in [9.17, 15) is 21.6 Å². The van der Waals surface area contributed by atoms with E-state index in [1.165, 1.54) is 24.3 Å². The second-order valence-electron chi connectivity index (χ2n) is 8.20. The van der Waals surface area contributed by atoms with Crippen LogP contribution >= 0.6 is 0 Å². The molecule has 11 heteroatoms. The molecule has 3 aromatic rings. The van der Waals surface area contributed by atoms with Crippen LogP contribution in [0.5, 0.6) is 0 Å². The first kappa shape index (κ1) is 23.9. The molecule has 32 heavy (non-hydrogen) atoms. The van der Waals surface area contributed by atoms with E-state index in [1.54, 1.807) is 12.1 Å². The number of rotatable bonds is 6.